The fraction of sp³-hybridized carbons (Fsp3) is 0.600. The van der Waals surface area contributed by atoms with Crippen molar-refractivity contribution in [2.45, 2.75) is 44.4 Å². The lowest BCUT2D eigenvalue weighted by Gasteiger charge is -2.24. The maximum Gasteiger partial charge on any atom is 0.410 e. The van der Waals surface area contributed by atoms with Gasteiger partial charge < -0.3 is 9.47 Å². The van der Waals surface area contributed by atoms with Crippen LogP contribution in [0.25, 0.3) is 0 Å². The average molecular weight is 309 g/mol. The zero-order valence-corrected chi connectivity index (χ0v) is 12.8. The summed E-state index contributed by atoms with van der Waals surface area (Å²) in [5.41, 5.74) is 0. The van der Waals surface area contributed by atoms with E-state index in [0.29, 0.717) is 13.0 Å². The minimum absolute atomic E-state index is 0.0132. The van der Waals surface area contributed by atoms with Crippen molar-refractivity contribution >= 4 is 23.2 Å². The van der Waals surface area contributed by atoms with Gasteiger partial charge >= 0.3 is 6.09 Å². The summed E-state index contributed by atoms with van der Waals surface area (Å²) in [6, 6.07) is 3.60. The number of ether oxygens (including phenoxy) is 2. The summed E-state index contributed by atoms with van der Waals surface area (Å²) in [5, 5.41) is 2.02. The topological polar surface area (TPSA) is 55.8 Å². The monoisotopic (exact) mass is 309 g/mol. The van der Waals surface area contributed by atoms with Gasteiger partial charge in [-0.2, -0.15) is 0 Å². The Hall–Kier alpha value is -1.40. The van der Waals surface area contributed by atoms with Crippen molar-refractivity contribution in [3.63, 3.8) is 0 Å². The predicted molar refractivity (Wildman–Crippen MR) is 78.4 cm³/mol. The van der Waals surface area contributed by atoms with E-state index in [9.17, 15) is 9.59 Å². The molecule has 0 aromatic carbocycles. The van der Waals surface area contributed by atoms with Crippen molar-refractivity contribution in [1.82, 2.24) is 4.90 Å². The fourth-order valence-electron chi connectivity index (χ4n) is 2.93. The van der Waals surface area contributed by atoms with Crippen molar-refractivity contribution in [2.75, 3.05) is 13.2 Å². The SMILES string of the molecule is CCC(Cc1cccs1)OC(=O)N1CC[C@H]2OCC(=O)[C@H]21. The van der Waals surface area contributed by atoms with E-state index in [-0.39, 0.29) is 30.7 Å². The first kappa shape index (κ1) is 14.5. The van der Waals surface area contributed by atoms with Gasteiger partial charge in [-0.1, -0.05) is 13.0 Å². The number of nitrogens with zero attached hydrogens (tertiary/aromatic N) is 1. The molecule has 2 aliphatic rings. The molecule has 0 aliphatic carbocycles. The van der Waals surface area contributed by atoms with Gasteiger partial charge in [-0.15, -0.1) is 11.3 Å². The smallest absolute Gasteiger partial charge is 0.410 e. The van der Waals surface area contributed by atoms with Gasteiger partial charge in [0.1, 0.15) is 18.8 Å². The van der Waals surface area contributed by atoms with Crippen LogP contribution in [-0.4, -0.2) is 48.2 Å². The van der Waals surface area contributed by atoms with E-state index in [1.165, 1.54) is 9.78 Å². The van der Waals surface area contributed by atoms with Crippen LogP contribution in [0.2, 0.25) is 0 Å². The number of carbonyl (C=O) groups excluding carboxylic acids is 2. The number of carbonyl (C=O) groups is 2. The molecule has 21 heavy (non-hydrogen) atoms. The number of thiophene rings is 1. The lowest BCUT2D eigenvalue weighted by Crippen LogP contribution is -2.43. The maximum absolute atomic E-state index is 12.3. The van der Waals surface area contributed by atoms with Crippen molar-refractivity contribution in [1.29, 1.82) is 0 Å². The molecule has 0 bridgehead atoms. The zero-order chi connectivity index (χ0) is 14.8. The maximum atomic E-state index is 12.3. The highest BCUT2D eigenvalue weighted by molar-refractivity contribution is 7.09. The third kappa shape index (κ3) is 2.96. The molecular formula is C15H19NO4S. The third-order valence-corrected chi connectivity index (χ3v) is 4.98. The number of hydrogen-bond acceptors (Lipinski definition) is 5. The van der Waals surface area contributed by atoms with Crippen molar-refractivity contribution in [3.05, 3.63) is 22.4 Å². The number of rotatable bonds is 4. The standard InChI is InChI=1S/C15H19NO4S/c1-2-10(8-11-4-3-7-21-11)20-15(18)16-6-5-13-14(16)12(17)9-19-13/h3-4,7,10,13-14H,2,5-6,8-9H2,1H3/t10?,13-,14-/m1/s1. The van der Waals surface area contributed by atoms with Crippen LogP contribution in [0.1, 0.15) is 24.6 Å². The molecule has 0 saturated carbocycles. The van der Waals surface area contributed by atoms with Gasteiger partial charge in [-0.05, 0) is 24.3 Å². The lowest BCUT2D eigenvalue weighted by molar-refractivity contribution is -0.121. The van der Waals surface area contributed by atoms with Gasteiger partial charge in [-0.25, -0.2) is 4.79 Å². The first-order valence-electron chi connectivity index (χ1n) is 7.33. The molecule has 1 amide bonds. The quantitative estimate of drug-likeness (QED) is 0.856. The Morgan fingerprint density at radius 1 is 1.62 bits per heavy atom. The summed E-state index contributed by atoms with van der Waals surface area (Å²) in [6.07, 6.45) is 1.54. The van der Waals surface area contributed by atoms with Crippen molar-refractivity contribution < 1.29 is 19.1 Å². The molecule has 5 nitrogen and oxygen atoms in total. The second-order valence-electron chi connectivity index (χ2n) is 5.44. The van der Waals surface area contributed by atoms with Crippen molar-refractivity contribution in [3.8, 4) is 0 Å². The molecule has 1 unspecified atom stereocenters. The Labute approximate surface area is 127 Å². The van der Waals surface area contributed by atoms with Crippen molar-refractivity contribution in [2.24, 2.45) is 0 Å². The number of Topliss-reactive ketones (excluding diaryl/α,β-unsaturated/α-hetero) is 1. The molecule has 2 aliphatic heterocycles. The minimum atomic E-state index is -0.434. The highest BCUT2D eigenvalue weighted by atomic mass is 32.1. The van der Waals surface area contributed by atoms with Crippen LogP contribution < -0.4 is 0 Å². The molecule has 1 aromatic rings. The van der Waals surface area contributed by atoms with Crippen LogP contribution in [0.5, 0.6) is 0 Å². The molecule has 0 radical (unpaired) electrons. The van der Waals surface area contributed by atoms with Gasteiger partial charge in [0, 0.05) is 17.8 Å². The molecule has 114 valence electrons. The van der Waals surface area contributed by atoms with Gasteiger partial charge in [0.2, 0.25) is 0 Å². The lowest BCUT2D eigenvalue weighted by atomic mass is 10.1. The molecule has 3 atom stereocenters. The third-order valence-electron chi connectivity index (χ3n) is 4.08. The second kappa shape index (κ2) is 6.15. The van der Waals surface area contributed by atoms with Crippen LogP contribution in [-0.2, 0) is 20.7 Å². The van der Waals surface area contributed by atoms with Crippen LogP contribution >= 0.6 is 11.3 Å². The van der Waals surface area contributed by atoms with Gasteiger partial charge in [0.15, 0.2) is 5.78 Å². The molecule has 6 heteroatoms. The average Bonchev–Trinajstić information content (AvgIpc) is 3.17. The summed E-state index contributed by atoms with van der Waals surface area (Å²) >= 11 is 1.66. The highest BCUT2D eigenvalue weighted by Gasteiger charge is 2.47. The molecule has 3 heterocycles. The highest BCUT2D eigenvalue weighted by Crippen LogP contribution is 2.28. The van der Waals surface area contributed by atoms with E-state index in [4.69, 9.17) is 9.47 Å². The summed E-state index contributed by atoms with van der Waals surface area (Å²) in [7, 11) is 0. The van der Waals surface area contributed by atoms with Crippen LogP contribution in [0.3, 0.4) is 0 Å². The number of hydrogen-bond donors (Lipinski definition) is 0. The Morgan fingerprint density at radius 2 is 2.48 bits per heavy atom. The van der Waals surface area contributed by atoms with E-state index in [1.807, 2.05) is 24.4 Å². The molecule has 3 rings (SSSR count). The first-order valence-corrected chi connectivity index (χ1v) is 8.21. The Bertz CT molecular complexity index is 516. The zero-order valence-electron chi connectivity index (χ0n) is 12.0. The van der Waals surface area contributed by atoms with Crippen LogP contribution in [0.15, 0.2) is 17.5 Å². The number of amides is 1. The minimum Gasteiger partial charge on any atom is -0.446 e. The predicted octanol–water partition coefficient (Wildman–Crippen LogP) is 2.25. The van der Waals surface area contributed by atoms with Crippen LogP contribution in [0.4, 0.5) is 4.79 Å². The normalized spacial score (nSPS) is 26.0. The van der Waals surface area contributed by atoms with Gasteiger partial charge in [0.05, 0.1) is 6.10 Å². The number of fused-ring (bicyclic) bond motifs is 1. The second-order valence-corrected chi connectivity index (χ2v) is 6.47. The van der Waals surface area contributed by atoms with Gasteiger partial charge in [-0.3, -0.25) is 9.69 Å². The summed E-state index contributed by atoms with van der Waals surface area (Å²) in [5.74, 6) is -0.0132. The largest absolute Gasteiger partial charge is 0.446 e. The molecule has 2 saturated heterocycles. The van der Waals surface area contributed by atoms with Crippen LogP contribution in [0, 0.1) is 0 Å². The molecule has 0 N–H and O–H groups in total. The summed E-state index contributed by atoms with van der Waals surface area (Å²) in [4.78, 5) is 26.9. The summed E-state index contributed by atoms with van der Waals surface area (Å²) in [6.45, 7) is 2.66. The molecule has 2 fully saturated rings. The van der Waals surface area contributed by atoms with E-state index in [2.05, 4.69) is 0 Å². The molecule has 1 aromatic heterocycles. The Balaban J connectivity index is 1.61. The summed E-state index contributed by atoms with van der Waals surface area (Å²) < 4.78 is 11.0. The Kier molecular flexibility index (Phi) is 4.26. The number of ketones is 1. The van der Waals surface area contributed by atoms with Gasteiger partial charge in [0.25, 0.3) is 0 Å². The van der Waals surface area contributed by atoms with E-state index < -0.39 is 6.04 Å². The first-order chi connectivity index (χ1) is 10.2. The van der Waals surface area contributed by atoms with E-state index >= 15 is 0 Å². The fourth-order valence-corrected chi connectivity index (χ4v) is 3.70. The van der Waals surface area contributed by atoms with E-state index in [0.717, 1.165) is 12.8 Å². The number of likely N-dealkylation sites (tertiary alicyclic amines) is 1. The Morgan fingerprint density at radius 3 is 3.19 bits per heavy atom. The molecule has 0 spiro atoms. The van der Waals surface area contributed by atoms with E-state index in [1.54, 1.807) is 11.3 Å². The molecular weight excluding hydrogens is 290 g/mol.